The minimum Gasteiger partial charge on any atom is -0.480 e. The third-order valence-electron chi connectivity index (χ3n) is 9.87. The van der Waals surface area contributed by atoms with Crippen molar-refractivity contribution in [2.75, 3.05) is 13.2 Å². The third-order valence-corrected chi connectivity index (χ3v) is 9.87. The Bertz CT molecular complexity index is 1040. The van der Waals surface area contributed by atoms with E-state index in [1.165, 1.54) is 0 Å². The van der Waals surface area contributed by atoms with Crippen LogP contribution in [0.2, 0.25) is 0 Å². The van der Waals surface area contributed by atoms with Crippen molar-refractivity contribution in [3.8, 4) is 0 Å². The van der Waals surface area contributed by atoms with Crippen LogP contribution in [0.1, 0.15) is 71.6 Å². The lowest BCUT2D eigenvalue weighted by atomic mass is 9.45. The van der Waals surface area contributed by atoms with Crippen molar-refractivity contribution in [2.45, 2.75) is 83.3 Å². The number of hydrogen-bond acceptors (Lipinski definition) is 8. The zero-order chi connectivity index (χ0) is 27.2. The lowest BCUT2D eigenvalue weighted by Crippen LogP contribution is -2.62. The van der Waals surface area contributed by atoms with E-state index in [1.54, 1.807) is 6.08 Å². The topological polar surface area (TPSA) is 167 Å². The number of allylic oxidation sites excluding steroid dienone is 1. The Balaban J connectivity index is 1.41. The van der Waals surface area contributed by atoms with Crippen LogP contribution in [-0.2, 0) is 28.7 Å². The van der Waals surface area contributed by atoms with Crippen molar-refractivity contribution in [3.63, 3.8) is 0 Å². The van der Waals surface area contributed by atoms with E-state index in [9.17, 15) is 34.2 Å². The van der Waals surface area contributed by atoms with Gasteiger partial charge in [0.1, 0.15) is 12.1 Å². The Morgan fingerprint density at radius 1 is 1.11 bits per heavy atom. The van der Waals surface area contributed by atoms with Gasteiger partial charge in [-0.05, 0) is 67.8 Å². The zero-order valence-electron chi connectivity index (χ0n) is 21.5. The molecule has 204 valence electrons. The monoisotopic (exact) mass is 519 g/mol. The van der Waals surface area contributed by atoms with Crippen LogP contribution in [0, 0.1) is 28.6 Å². The molecule has 10 heteroatoms. The van der Waals surface area contributed by atoms with Crippen LogP contribution in [-0.4, -0.2) is 69.6 Å². The summed E-state index contributed by atoms with van der Waals surface area (Å²) in [7, 11) is 0. The van der Waals surface area contributed by atoms with Crippen molar-refractivity contribution < 1.29 is 44.0 Å². The highest BCUT2D eigenvalue weighted by atomic mass is 16.5. The van der Waals surface area contributed by atoms with E-state index in [4.69, 9.17) is 9.84 Å². The first kappa shape index (κ1) is 27.4. The molecule has 0 spiro atoms. The van der Waals surface area contributed by atoms with Gasteiger partial charge in [-0.25, -0.2) is 0 Å². The molecule has 0 saturated heterocycles. The summed E-state index contributed by atoms with van der Waals surface area (Å²) >= 11 is 0. The van der Waals surface area contributed by atoms with Gasteiger partial charge >= 0.3 is 11.9 Å². The van der Waals surface area contributed by atoms with E-state index < -0.39 is 53.9 Å². The van der Waals surface area contributed by atoms with Gasteiger partial charge in [-0.3, -0.25) is 24.0 Å². The maximum Gasteiger partial charge on any atom is 0.322 e. The number of fused-ring (bicyclic) bond motifs is 5. The molecule has 4 N–H and O–H groups in total. The van der Waals surface area contributed by atoms with Crippen LogP contribution in [0.3, 0.4) is 0 Å². The summed E-state index contributed by atoms with van der Waals surface area (Å²) in [6, 6.07) is 0. The SMILES string of the molecule is C[C@]12CCC(=O)C=C1CC[C@@H]1[C@@H]2[C@H](O)C[C@@]2(C)[C@H]1CC[C@@]2(O)C(=O)COC(=O)CCC(=O)NCC(=O)O. The molecule has 0 bridgehead atoms. The quantitative estimate of drug-likeness (QED) is 0.346. The Labute approximate surface area is 215 Å². The Morgan fingerprint density at radius 2 is 1.84 bits per heavy atom. The Morgan fingerprint density at radius 3 is 2.54 bits per heavy atom. The number of Topliss-reactive ketones (excluding diaryl/α,β-unsaturated/α-hetero) is 1. The fourth-order valence-electron chi connectivity index (χ4n) is 7.97. The number of aliphatic carboxylic acids is 1. The largest absolute Gasteiger partial charge is 0.480 e. The number of rotatable bonds is 8. The highest BCUT2D eigenvalue weighted by molar-refractivity contribution is 5.92. The molecule has 0 aromatic heterocycles. The van der Waals surface area contributed by atoms with Gasteiger partial charge in [0.25, 0.3) is 0 Å². The molecule has 4 rings (SSSR count). The smallest absolute Gasteiger partial charge is 0.322 e. The maximum atomic E-state index is 13.2. The van der Waals surface area contributed by atoms with E-state index in [1.807, 2.05) is 6.92 Å². The number of hydrogen-bond donors (Lipinski definition) is 4. The molecule has 0 unspecified atom stereocenters. The summed E-state index contributed by atoms with van der Waals surface area (Å²) in [6.07, 6.45) is 4.24. The van der Waals surface area contributed by atoms with Crippen molar-refractivity contribution in [1.82, 2.24) is 5.32 Å². The van der Waals surface area contributed by atoms with E-state index in [0.717, 1.165) is 18.4 Å². The summed E-state index contributed by atoms with van der Waals surface area (Å²) in [5, 5.41) is 33.8. The lowest BCUT2D eigenvalue weighted by molar-refractivity contribution is -0.184. The Hall–Kier alpha value is -2.59. The zero-order valence-corrected chi connectivity index (χ0v) is 21.5. The van der Waals surface area contributed by atoms with Gasteiger partial charge in [-0.2, -0.15) is 0 Å². The number of amides is 1. The molecule has 4 aliphatic carbocycles. The van der Waals surface area contributed by atoms with E-state index in [-0.39, 0.29) is 54.6 Å². The number of aliphatic hydroxyl groups excluding tert-OH is 1. The minimum atomic E-state index is -1.75. The number of carboxylic acids is 1. The molecule has 0 radical (unpaired) electrons. The average molecular weight is 520 g/mol. The van der Waals surface area contributed by atoms with E-state index >= 15 is 0 Å². The number of esters is 1. The van der Waals surface area contributed by atoms with Crippen LogP contribution < -0.4 is 5.32 Å². The van der Waals surface area contributed by atoms with Gasteiger partial charge in [-0.1, -0.05) is 19.4 Å². The van der Waals surface area contributed by atoms with Crippen LogP contribution in [0.15, 0.2) is 11.6 Å². The second-order valence-electron chi connectivity index (χ2n) is 11.7. The van der Waals surface area contributed by atoms with Crippen molar-refractivity contribution in [1.29, 1.82) is 0 Å². The normalized spacial score (nSPS) is 38.5. The van der Waals surface area contributed by atoms with Gasteiger partial charge in [0.05, 0.1) is 12.5 Å². The maximum absolute atomic E-state index is 13.2. The molecule has 1 amide bonds. The highest BCUT2D eigenvalue weighted by Gasteiger charge is 2.68. The molecule has 10 nitrogen and oxygen atoms in total. The van der Waals surface area contributed by atoms with Crippen LogP contribution in [0.25, 0.3) is 0 Å². The first-order chi connectivity index (χ1) is 17.3. The lowest BCUT2D eigenvalue weighted by Gasteiger charge is -2.60. The van der Waals surface area contributed by atoms with Crippen molar-refractivity contribution >= 4 is 29.4 Å². The first-order valence-corrected chi connectivity index (χ1v) is 13.1. The molecule has 0 aromatic rings. The van der Waals surface area contributed by atoms with Gasteiger partial charge in [0.15, 0.2) is 12.4 Å². The van der Waals surface area contributed by atoms with Gasteiger partial charge in [0, 0.05) is 18.3 Å². The molecule has 0 heterocycles. The molecule has 37 heavy (non-hydrogen) atoms. The summed E-state index contributed by atoms with van der Waals surface area (Å²) in [5.74, 6) is -3.01. The number of carboxylic acid groups (broad SMARTS) is 1. The second kappa shape index (κ2) is 9.94. The van der Waals surface area contributed by atoms with Crippen molar-refractivity contribution in [3.05, 3.63) is 11.6 Å². The minimum absolute atomic E-state index is 0.0134. The predicted molar refractivity (Wildman–Crippen MR) is 129 cm³/mol. The molecule has 7 atom stereocenters. The molecule has 3 saturated carbocycles. The fourth-order valence-corrected chi connectivity index (χ4v) is 7.97. The fraction of sp³-hybridized carbons (Fsp3) is 0.741. The second-order valence-corrected chi connectivity index (χ2v) is 11.7. The van der Waals surface area contributed by atoms with E-state index in [0.29, 0.717) is 19.3 Å². The number of nitrogens with one attached hydrogen (secondary N) is 1. The van der Waals surface area contributed by atoms with Gasteiger partial charge in [-0.15, -0.1) is 0 Å². The standard InChI is InChI=1S/C27H37NO9/c1-25-9-7-16(29)11-15(25)3-4-17-18-8-10-27(36,26(18,2)12-19(30)24(17)25)20(31)14-37-23(35)6-5-21(32)28-13-22(33)34/h11,17-19,24,30,36H,3-10,12-14H2,1-2H3,(H,28,32)(H,33,34)/t17-,18-,19+,24+,25-,26-,27+/m0/s1. The number of carbonyl (C=O) groups is 5. The van der Waals surface area contributed by atoms with Crippen LogP contribution in [0.4, 0.5) is 0 Å². The molecule has 4 aliphatic rings. The van der Waals surface area contributed by atoms with Gasteiger partial charge < -0.3 is 25.4 Å². The van der Waals surface area contributed by atoms with Crippen LogP contribution in [0.5, 0.6) is 0 Å². The van der Waals surface area contributed by atoms with Gasteiger partial charge in [0.2, 0.25) is 11.7 Å². The summed E-state index contributed by atoms with van der Waals surface area (Å²) < 4.78 is 5.07. The molecule has 0 aliphatic heterocycles. The summed E-state index contributed by atoms with van der Waals surface area (Å²) in [5.41, 5.74) is -1.78. The molecular formula is C27H37NO9. The number of carbonyl (C=O) groups excluding carboxylic acids is 4. The summed E-state index contributed by atoms with van der Waals surface area (Å²) in [6.45, 7) is 2.81. The molecule has 0 aromatic carbocycles. The third kappa shape index (κ3) is 4.74. The average Bonchev–Trinajstić information content (AvgIpc) is 3.11. The predicted octanol–water partition coefficient (Wildman–Crippen LogP) is 1.31. The molecular weight excluding hydrogens is 482 g/mol. The van der Waals surface area contributed by atoms with E-state index in [2.05, 4.69) is 12.2 Å². The van der Waals surface area contributed by atoms with Crippen LogP contribution >= 0.6 is 0 Å². The summed E-state index contributed by atoms with van der Waals surface area (Å²) in [4.78, 5) is 59.5. The molecule has 3 fully saturated rings. The number of ether oxygens (including phenoxy) is 1. The number of aliphatic hydroxyl groups is 2. The number of ketones is 2. The Kier molecular flexibility index (Phi) is 7.38. The van der Waals surface area contributed by atoms with Crippen molar-refractivity contribution in [2.24, 2.45) is 28.6 Å². The highest BCUT2D eigenvalue weighted by Crippen LogP contribution is 2.67. The first-order valence-electron chi connectivity index (χ1n) is 13.1.